The number of halogens is 1. The third-order valence-corrected chi connectivity index (χ3v) is 3.57. The lowest BCUT2D eigenvalue weighted by atomic mass is 10.2. The van der Waals surface area contributed by atoms with Gasteiger partial charge in [0.2, 0.25) is 0 Å². The summed E-state index contributed by atoms with van der Waals surface area (Å²) in [7, 11) is 0. The second-order valence-corrected chi connectivity index (χ2v) is 5.07. The largest absolute Gasteiger partial charge is 1.00 e. The number of rotatable bonds is 5. The lowest BCUT2D eigenvalue weighted by Crippen LogP contribution is -3.00. The molecular formula is C15H15ClN2O2S. The van der Waals surface area contributed by atoms with Crippen LogP contribution in [0.15, 0.2) is 59.8 Å². The average Bonchev–Trinajstić information content (AvgIpc) is 2.48. The molecule has 110 valence electrons. The normalized spacial score (nSPS) is 10.3. The molecule has 0 amide bonds. The lowest BCUT2D eigenvalue weighted by molar-refractivity contribution is -0.687. The van der Waals surface area contributed by atoms with Gasteiger partial charge in [0.15, 0.2) is 18.9 Å². The first kappa shape index (κ1) is 17.2. The van der Waals surface area contributed by atoms with E-state index < -0.39 is 4.92 Å². The van der Waals surface area contributed by atoms with Gasteiger partial charge in [-0.3, -0.25) is 10.1 Å². The van der Waals surface area contributed by atoms with E-state index in [9.17, 15) is 10.1 Å². The summed E-state index contributed by atoms with van der Waals surface area (Å²) in [6, 6.07) is 10.7. The molecule has 0 aliphatic heterocycles. The van der Waals surface area contributed by atoms with Gasteiger partial charge in [-0.15, -0.1) is 11.8 Å². The molecule has 21 heavy (non-hydrogen) atoms. The maximum Gasteiger partial charge on any atom is 0.269 e. The predicted molar refractivity (Wildman–Crippen MR) is 80.5 cm³/mol. The zero-order valence-electron chi connectivity index (χ0n) is 11.5. The highest BCUT2D eigenvalue weighted by Gasteiger charge is 2.02. The quantitative estimate of drug-likeness (QED) is 0.345. The van der Waals surface area contributed by atoms with Crippen molar-refractivity contribution < 1.29 is 21.9 Å². The molecule has 0 aliphatic rings. The van der Waals surface area contributed by atoms with Crippen molar-refractivity contribution in [2.45, 2.75) is 11.4 Å². The summed E-state index contributed by atoms with van der Waals surface area (Å²) in [5.41, 5.74) is 1.07. The van der Waals surface area contributed by atoms with Crippen molar-refractivity contribution in [3.05, 3.63) is 70.5 Å². The van der Waals surface area contributed by atoms with Gasteiger partial charge in [-0.1, -0.05) is 6.08 Å². The Kier molecular flexibility index (Phi) is 6.91. The second kappa shape index (κ2) is 8.44. The van der Waals surface area contributed by atoms with Crippen LogP contribution in [-0.2, 0) is 6.54 Å². The highest BCUT2D eigenvalue weighted by atomic mass is 35.5. The number of nitro benzene ring substituents is 1. The minimum absolute atomic E-state index is 0. The van der Waals surface area contributed by atoms with E-state index in [1.165, 1.54) is 17.0 Å². The molecule has 0 saturated heterocycles. The first-order valence-corrected chi connectivity index (χ1v) is 7.35. The Hall–Kier alpha value is -1.85. The van der Waals surface area contributed by atoms with Crippen molar-refractivity contribution in [3.8, 4) is 0 Å². The number of nitro groups is 1. The molecule has 0 N–H and O–H groups in total. The van der Waals surface area contributed by atoms with Crippen LogP contribution in [0.5, 0.6) is 0 Å². The smallest absolute Gasteiger partial charge is 0.269 e. The number of hydrogen-bond acceptors (Lipinski definition) is 3. The molecule has 2 aromatic rings. The van der Waals surface area contributed by atoms with Gasteiger partial charge >= 0.3 is 0 Å². The van der Waals surface area contributed by atoms with Crippen molar-refractivity contribution in [3.63, 3.8) is 0 Å². The zero-order chi connectivity index (χ0) is 14.4. The van der Waals surface area contributed by atoms with Gasteiger partial charge in [-0.25, -0.2) is 4.57 Å². The van der Waals surface area contributed by atoms with Crippen LogP contribution in [0.3, 0.4) is 0 Å². The summed E-state index contributed by atoms with van der Waals surface area (Å²) in [6.07, 6.45) is 10.1. The predicted octanol–water partition coefficient (Wildman–Crippen LogP) is 0.322. The van der Waals surface area contributed by atoms with Crippen LogP contribution in [0, 0.1) is 10.1 Å². The van der Waals surface area contributed by atoms with Gasteiger partial charge in [-0.05, 0) is 30.0 Å². The summed E-state index contributed by atoms with van der Waals surface area (Å²) >= 11 is 1.72. The van der Waals surface area contributed by atoms with Gasteiger partial charge in [-0.2, -0.15) is 0 Å². The molecule has 1 aromatic heterocycles. The summed E-state index contributed by atoms with van der Waals surface area (Å²) in [4.78, 5) is 11.4. The number of non-ortho nitro benzene ring substituents is 1. The minimum Gasteiger partial charge on any atom is -1.00 e. The molecule has 0 saturated carbocycles. The molecule has 0 spiro atoms. The Bertz CT molecular complexity index is 613. The molecule has 4 nitrogen and oxygen atoms in total. The fourth-order valence-corrected chi connectivity index (χ4v) is 2.11. The Morgan fingerprint density at radius 3 is 2.33 bits per heavy atom. The average molecular weight is 323 g/mol. The molecule has 0 fully saturated rings. The first-order chi connectivity index (χ1) is 9.69. The van der Waals surface area contributed by atoms with E-state index in [1.54, 1.807) is 23.9 Å². The number of thioether (sulfide) groups is 1. The zero-order valence-corrected chi connectivity index (χ0v) is 13.1. The number of aromatic nitrogens is 1. The maximum atomic E-state index is 10.5. The van der Waals surface area contributed by atoms with Gasteiger partial charge in [0.25, 0.3) is 5.69 Å². The van der Waals surface area contributed by atoms with Crippen molar-refractivity contribution in [1.82, 2.24) is 0 Å². The van der Waals surface area contributed by atoms with Crippen molar-refractivity contribution >= 4 is 23.5 Å². The summed E-state index contributed by atoms with van der Waals surface area (Å²) in [5, 5.41) is 10.5. The van der Waals surface area contributed by atoms with Gasteiger partial charge in [0.05, 0.1) is 4.92 Å². The van der Waals surface area contributed by atoms with E-state index in [-0.39, 0.29) is 18.1 Å². The standard InChI is InChI=1S/C15H15N2O2S.ClH/c1-20-15-8-11-16(12-9-15)10-2-3-13-4-6-14(7-5-13)17(18)19;/h2-9,11-12H,10H2,1H3;1H/q+1;/p-1/b3-2+;. The Labute approximate surface area is 134 Å². The Morgan fingerprint density at radius 1 is 1.19 bits per heavy atom. The number of hydrogen-bond donors (Lipinski definition) is 0. The monoisotopic (exact) mass is 322 g/mol. The van der Waals surface area contributed by atoms with E-state index in [1.807, 2.05) is 30.8 Å². The Balaban J connectivity index is 0.00000220. The molecule has 0 aliphatic carbocycles. The van der Waals surface area contributed by atoms with Crippen LogP contribution in [0.4, 0.5) is 5.69 Å². The molecule has 0 atom stereocenters. The third-order valence-electron chi connectivity index (χ3n) is 2.83. The van der Waals surface area contributed by atoms with E-state index >= 15 is 0 Å². The highest BCUT2D eigenvalue weighted by Crippen LogP contribution is 2.13. The van der Waals surface area contributed by atoms with E-state index in [0.717, 1.165) is 12.1 Å². The fourth-order valence-electron chi connectivity index (χ4n) is 1.72. The van der Waals surface area contributed by atoms with Gasteiger partial charge in [0.1, 0.15) is 0 Å². The molecule has 0 bridgehead atoms. The number of benzene rings is 1. The summed E-state index contributed by atoms with van der Waals surface area (Å²) in [5.74, 6) is 0. The topological polar surface area (TPSA) is 47.0 Å². The van der Waals surface area contributed by atoms with Gasteiger partial charge in [0, 0.05) is 29.2 Å². The van der Waals surface area contributed by atoms with Crippen LogP contribution in [0.25, 0.3) is 6.08 Å². The molecule has 1 aromatic carbocycles. The summed E-state index contributed by atoms with van der Waals surface area (Å²) < 4.78 is 2.07. The van der Waals surface area contributed by atoms with Crippen LogP contribution in [-0.4, -0.2) is 11.2 Å². The van der Waals surface area contributed by atoms with E-state index in [2.05, 4.69) is 16.7 Å². The third kappa shape index (κ3) is 5.21. The molecule has 0 radical (unpaired) electrons. The van der Waals surface area contributed by atoms with Gasteiger partial charge < -0.3 is 12.4 Å². The molecule has 6 heteroatoms. The maximum absolute atomic E-state index is 10.5. The van der Waals surface area contributed by atoms with Crippen molar-refractivity contribution in [2.75, 3.05) is 6.26 Å². The molecular weight excluding hydrogens is 308 g/mol. The van der Waals surface area contributed by atoms with Crippen LogP contribution in [0.1, 0.15) is 5.56 Å². The molecule has 2 rings (SSSR count). The molecule has 0 unspecified atom stereocenters. The van der Waals surface area contributed by atoms with E-state index in [4.69, 9.17) is 0 Å². The SMILES string of the molecule is CSc1cc[n+](C/C=C/c2ccc([N+](=O)[O-])cc2)cc1.[Cl-]. The van der Waals surface area contributed by atoms with E-state index in [0.29, 0.717) is 0 Å². The number of nitrogens with zero attached hydrogens (tertiary/aromatic N) is 2. The fraction of sp³-hybridized carbons (Fsp3) is 0.133. The lowest BCUT2D eigenvalue weighted by Gasteiger charge is -1.95. The van der Waals surface area contributed by atoms with Crippen molar-refractivity contribution in [2.24, 2.45) is 0 Å². The highest BCUT2D eigenvalue weighted by molar-refractivity contribution is 7.98. The van der Waals surface area contributed by atoms with Crippen molar-refractivity contribution in [1.29, 1.82) is 0 Å². The summed E-state index contributed by atoms with van der Waals surface area (Å²) in [6.45, 7) is 0.769. The van der Waals surface area contributed by atoms with Crippen LogP contribution in [0.2, 0.25) is 0 Å². The number of allylic oxidation sites excluding steroid dienone is 1. The first-order valence-electron chi connectivity index (χ1n) is 6.13. The number of pyridine rings is 1. The van der Waals surface area contributed by atoms with Crippen LogP contribution >= 0.6 is 11.8 Å². The van der Waals surface area contributed by atoms with Crippen LogP contribution < -0.4 is 17.0 Å². The Morgan fingerprint density at radius 2 is 1.81 bits per heavy atom. The minimum atomic E-state index is -0.392. The second-order valence-electron chi connectivity index (χ2n) is 4.19. The molecule has 1 heterocycles.